The van der Waals surface area contributed by atoms with Gasteiger partial charge in [-0.3, -0.25) is 5.32 Å². The van der Waals surface area contributed by atoms with Gasteiger partial charge < -0.3 is 9.72 Å². The molecule has 0 saturated heterocycles. The number of rotatable bonds is 2. The number of fused-ring (bicyclic) bond motifs is 1. The molecule has 0 unspecified atom stereocenters. The van der Waals surface area contributed by atoms with Crippen LogP contribution in [0.15, 0.2) is 18.2 Å². The van der Waals surface area contributed by atoms with Gasteiger partial charge in [-0.05, 0) is 31.5 Å². The Balaban J connectivity index is 2.23. The minimum atomic E-state index is -0.564. The van der Waals surface area contributed by atoms with Crippen molar-refractivity contribution in [1.82, 2.24) is 9.97 Å². The summed E-state index contributed by atoms with van der Waals surface area (Å²) in [5, 5.41) is 2.48. The summed E-state index contributed by atoms with van der Waals surface area (Å²) in [5.41, 5.74) is 2.81. The smallest absolute Gasteiger partial charge is 0.413 e. The van der Waals surface area contributed by atoms with Gasteiger partial charge >= 0.3 is 6.09 Å². The lowest BCUT2D eigenvalue weighted by molar-refractivity contribution is 0.173. The molecule has 0 fully saturated rings. The van der Waals surface area contributed by atoms with Crippen molar-refractivity contribution in [3.05, 3.63) is 30.7 Å². The minimum Gasteiger partial charge on any atom is -0.449 e. The maximum atomic E-state index is 11.1. The van der Waals surface area contributed by atoms with Crippen LogP contribution in [0.25, 0.3) is 11.0 Å². The van der Waals surface area contributed by atoms with Crippen LogP contribution in [0.4, 0.5) is 10.7 Å². The average Bonchev–Trinajstić information content (AvgIpc) is 2.59. The number of ether oxygens (including phenoxy) is 1. The van der Waals surface area contributed by atoms with Crippen LogP contribution < -0.4 is 5.32 Å². The van der Waals surface area contributed by atoms with E-state index in [2.05, 4.69) is 26.9 Å². The van der Waals surface area contributed by atoms with Gasteiger partial charge in [0.15, 0.2) is 0 Å². The molecule has 1 heterocycles. The van der Waals surface area contributed by atoms with E-state index >= 15 is 0 Å². The molecule has 2 aromatic rings. The van der Waals surface area contributed by atoms with Crippen molar-refractivity contribution >= 4 is 23.1 Å². The number of anilines is 1. The van der Waals surface area contributed by atoms with E-state index in [9.17, 15) is 4.79 Å². The number of aryl methyl sites for hydroxylation is 1. The zero-order chi connectivity index (χ0) is 11.5. The van der Waals surface area contributed by atoms with E-state index in [1.54, 1.807) is 0 Å². The fraction of sp³-hybridized carbons (Fsp3) is 0.182. The maximum absolute atomic E-state index is 11.1. The van der Waals surface area contributed by atoms with E-state index in [4.69, 9.17) is 0 Å². The number of imidazole rings is 1. The molecule has 0 spiro atoms. The lowest BCUT2D eigenvalue weighted by Crippen LogP contribution is -2.14. The standard InChI is InChI=1S/C11H12N3O2/c1-3-16-11(15)14-10-12-8-5-4-7(2)6-9(8)13-10/h4-6H,1,3H2,2H3,(H2,12,13,14,15). The molecule has 5 nitrogen and oxygen atoms in total. The summed E-state index contributed by atoms with van der Waals surface area (Å²) in [4.78, 5) is 18.3. The van der Waals surface area contributed by atoms with E-state index in [1.165, 1.54) is 0 Å². The molecule has 0 aliphatic rings. The van der Waals surface area contributed by atoms with Crippen molar-refractivity contribution in [1.29, 1.82) is 0 Å². The predicted molar refractivity (Wildman–Crippen MR) is 61.2 cm³/mol. The highest BCUT2D eigenvalue weighted by atomic mass is 16.5. The molecule has 1 radical (unpaired) electrons. The molecule has 2 N–H and O–H groups in total. The monoisotopic (exact) mass is 218 g/mol. The lowest BCUT2D eigenvalue weighted by atomic mass is 10.2. The molecule has 83 valence electrons. The number of aromatic amines is 1. The first-order chi connectivity index (χ1) is 7.69. The number of hydrogen-bond donors (Lipinski definition) is 2. The number of aromatic nitrogens is 2. The van der Waals surface area contributed by atoms with E-state index in [0.717, 1.165) is 16.6 Å². The molecule has 0 saturated carbocycles. The molecule has 1 aromatic heterocycles. The Kier molecular flexibility index (Phi) is 2.76. The first-order valence-electron chi connectivity index (χ1n) is 4.88. The molecule has 1 aromatic carbocycles. The van der Waals surface area contributed by atoms with Gasteiger partial charge in [-0.25, -0.2) is 9.78 Å². The van der Waals surface area contributed by atoms with Gasteiger partial charge in [-0.1, -0.05) is 6.07 Å². The van der Waals surface area contributed by atoms with Gasteiger partial charge in [0, 0.05) is 0 Å². The Bertz CT molecular complexity index is 519. The Morgan fingerprint density at radius 1 is 1.62 bits per heavy atom. The number of carbonyl (C=O) groups excluding carboxylic acids is 1. The second kappa shape index (κ2) is 4.22. The molecular weight excluding hydrogens is 206 g/mol. The lowest BCUT2D eigenvalue weighted by Gasteiger charge is -2.00. The summed E-state index contributed by atoms with van der Waals surface area (Å²) in [6.45, 7) is 5.49. The van der Waals surface area contributed by atoms with Crippen LogP contribution in [0.2, 0.25) is 0 Å². The van der Waals surface area contributed by atoms with E-state index in [-0.39, 0.29) is 6.61 Å². The molecule has 0 aliphatic carbocycles. The van der Waals surface area contributed by atoms with Gasteiger partial charge in [0.25, 0.3) is 0 Å². The van der Waals surface area contributed by atoms with Crippen LogP contribution in [0.3, 0.4) is 0 Å². The topological polar surface area (TPSA) is 67.0 Å². The normalized spacial score (nSPS) is 10.4. The van der Waals surface area contributed by atoms with Crippen LogP contribution in [-0.2, 0) is 4.74 Å². The van der Waals surface area contributed by atoms with E-state index < -0.39 is 6.09 Å². The molecule has 2 rings (SSSR count). The summed E-state index contributed by atoms with van der Waals surface area (Å²) in [5.74, 6) is 0.374. The Hall–Kier alpha value is -2.04. The van der Waals surface area contributed by atoms with Gasteiger partial charge in [0.2, 0.25) is 5.95 Å². The van der Waals surface area contributed by atoms with Crippen LogP contribution in [0, 0.1) is 13.8 Å². The molecule has 0 aliphatic heterocycles. The number of nitrogens with zero attached hydrogens (tertiary/aromatic N) is 1. The SMILES string of the molecule is [CH2]COC(=O)Nc1nc2ccc(C)cc2[nH]1. The molecule has 1 amide bonds. The Morgan fingerprint density at radius 2 is 2.44 bits per heavy atom. The van der Waals surface area contributed by atoms with Crippen molar-refractivity contribution in [2.45, 2.75) is 6.92 Å². The summed E-state index contributed by atoms with van der Waals surface area (Å²) >= 11 is 0. The number of benzene rings is 1. The maximum Gasteiger partial charge on any atom is 0.413 e. The number of carbonyl (C=O) groups is 1. The predicted octanol–water partition coefficient (Wildman–Crippen LogP) is 2.25. The number of H-pyrrole nitrogens is 1. The average molecular weight is 218 g/mol. The first kappa shape index (κ1) is 10.5. The summed E-state index contributed by atoms with van der Waals surface area (Å²) < 4.78 is 4.64. The van der Waals surface area contributed by atoms with E-state index in [1.807, 2.05) is 25.1 Å². The number of amides is 1. The van der Waals surface area contributed by atoms with Crippen LogP contribution in [0.5, 0.6) is 0 Å². The third-order valence-corrected chi connectivity index (χ3v) is 2.09. The summed E-state index contributed by atoms with van der Waals surface area (Å²) in [7, 11) is 0. The third kappa shape index (κ3) is 2.13. The van der Waals surface area contributed by atoms with Gasteiger partial charge in [-0.2, -0.15) is 0 Å². The number of hydrogen-bond acceptors (Lipinski definition) is 3. The van der Waals surface area contributed by atoms with Crippen LogP contribution in [-0.4, -0.2) is 22.7 Å². The molecular formula is C11H12N3O2. The second-order valence-corrected chi connectivity index (χ2v) is 3.37. The minimum absolute atomic E-state index is 0.0885. The summed E-state index contributed by atoms with van der Waals surface area (Å²) in [6.07, 6.45) is -0.564. The fourth-order valence-corrected chi connectivity index (χ4v) is 1.41. The Labute approximate surface area is 92.8 Å². The molecule has 5 heteroatoms. The van der Waals surface area contributed by atoms with Crippen molar-refractivity contribution in [3.63, 3.8) is 0 Å². The van der Waals surface area contributed by atoms with Gasteiger partial charge in [0.05, 0.1) is 17.6 Å². The van der Waals surface area contributed by atoms with E-state index in [0.29, 0.717) is 5.95 Å². The molecule has 16 heavy (non-hydrogen) atoms. The highest BCUT2D eigenvalue weighted by molar-refractivity contribution is 5.86. The molecule has 0 atom stereocenters. The zero-order valence-corrected chi connectivity index (χ0v) is 8.91. The quantitative estimate of drug-likeness (QED) is 0.812. The van der Waals surface area contributed by atoms with Crippen molar-refractivity contribution < 1.29 is 9.53 Å². The molecule has 0 bridgehead atoms. The Morgan fingerprint density at radius 3 is 3.19 bits per heavy atom. The van der Waals surface area contributed by atoms with Crippen molar-refractivity contribution in [2.24, 2.45) is 0 Å². The largest absolute Gasteiger partial charge is 0.449 e. The highest BCUT2D eigenvalue weighted by Crippen LogP contribution is 2.15. The first-order valence-corrected chi connectivity index (χ1v) is 4.88. The second-order valence-electron chi connectivity index (χ2n) is 3.37. The fourth-order valence-electron chi connectivity index (χ4n) is 1.41. The van der Waals surface area contributed by atoms with Crippen molar-refractivity contribution in [2.75, 3.05) is 11.9 Å². The highest BCUT2D eigenvalue weighted by Gasteiger charge is 2.06. The van der Waals surface area contributed by atoms with Crippen molar-refractivity contribution in [3.8, 4) is 0 Å². The summed E-state index contributed by atoms with van der Waals surface area (Å²) in [6, 6.07) is 5.81. The van der Waals surface area contributed by atoms with Gasteiger partial charge in [0.1, 0.15) is 0 Å². The third-order valence-electron chi connectivity index (χ3n) is 2.09. The van der Waals surface area contributed by atoms with Crippen LogP contribution in [0.1, 0.15) is 5.56 Å². The zero-order valence-electron chi connectivity index (χ0n) is 8.91. The van der Waals surface area contributed by atoms with Crippen LogP contribution >= 0.6 is 0 Å². The number of nitrogens with one attached hydrogen (secondary N) is 2. The van der Waals surface area contributed by atoms with Gasteiger partial charge in [-0.15, -0.1) is 0 Å².